The molecule has 0 aromatic heterocycles. The van der Waals surface area contributed by atoms with E-state index in [0.29, 0.717) is 5.92 Å². The second-order valence-electron chi connectivity index (χ2n) is 1.91. The summed E-state index contributed by atoms with van der Waals surface area (Å²) in [4.78, 5) is 0. The molecular weight excluding hydrogens is 120 g/mol. The van der Waals surface area contributed by atoms with Gasteiger partial charge in [0.05, 0.1) is 0 Å². The molecule has 0 aliphatic carbocycles. The molecule has 2 heteroatoms. The highest BCUT2D eigenvalue weighted by atomic mass is 32.1. The topological polar surface area (TPSA) is 9.23 Å². The smallest absolute Gasteiger partial charge is 0.0498 e. The Kier molecular flexibility index (Phi) is 5.66. The van der Waals surface area contributed by atoms with E-state index in [0.717, 1.165) is 18.8 Å². The van der Waals surface area contributed by atoms with Crippen LogP contribution in [0.5, 0.6) is 0 Å². The van der Waals surface area contributed by atoms with Crippen molar-refractivity contribution in [2.45, 2.75) is 13.3 Å². The fraction of sp³-hybridized carbons (Fsp3) is 1.00. The highest BCUT2D eigenvalue weighted by Crippen LogP contribution is 2.03. The van der Waals surface area contributed by atoms with E-state index in [9.17, 15) is 0 Å². The number of hydrogen-bond donors (Lipinski definition) is 1. The van der Waals surface area contributed by atoms with Gasteiger partial charge in [-0.1, -0.05) is 13.3 Å². The van der Waals surface area contributed by atoms with Gasteiger partial charge in [-0.15, -0.1) is 0 Å². The molecule has 0 aromatic rings. The molecule has 0 saturated heterocycles. The van der Waals surface area contributed by atoms with Crippen molar-refractivity contribution >= 4 is 12.6 Å². The SMILES string of the molecule is CCC(CS)COC. The molecule has 0 rings (SSSR count). The Morgan fingerprint density at radius 1 is 1.62 bits per heavy atom. The van der Waals surface area contributed by atoms with Gasteiger partial charge < -0.3 is 4.74 Å². The minimum absolute atomic E-state index is 0.642. The monoisotopic (exact) mass is 134 g/mol. The molecule has 0 heterocycles. The molecule has 0 saturated carbocycles. The number of methoxy groups -OCH3 is 1. The van der Waals surface area contributed by atoms with Gasteiger partial charge in [0.1, 0.15) is 0 Å². The van der Waals surface area contributed by atoms with E-state index >= 15 is 0 Å². The highest BCUT2D eigenvalue weighted by Gasteiger charge is 2.00. The number of rotatable bonds is 4. The average Bonchev–Trinajstić information content (AvgIpc) is 1.83. The van der Waals surface area contributed by atoms with E-state index in [1.54, 1.807) is 7.11 Å². The lowest BCUT2D eigenvalue weighted by molar-refractivity contribution is 0.160. The molecule has 0 aliphatic rings. The second-order valence-corrected chi connectivity index (χ2v) is 2.28. The lowest BCUT2D eigenvalue weighted by Crippen LogP contribution is -2.07. The van der Waals surface area contributed by atoms with Crippen LogP contribution in [-0.2, 0) is 4.74 Å². The molecule has 0 fully saturated rings. The Balaban J connectivity index is 3.07. The van der Waals surface area contributed by atoms with Crippen LogP contribution in [0, 0.1) is 5.92 Å². The average molecular weight is 134 g/mol. The van der Waals surface area contributed by atoms with Crippen LogP contribution in [0.1, 0.15) is 13.3 Å². The maximum atomic E-state index is 4.94. The third kappa shape index (κ3) is 3.33. The molecule has 50 valence electrons. The maximum absolute atomic E-state index is 4.94. The minimum atomic E-state index is 0.642. The Morgan fingerprint density at radius 2 is 2.25 bits per heavy atom. The van der Waals surface area contributed by atoms with Crippen LogP contribution in [0.2, 0.25) is 0 Å². The Hall–Kier alpha value is 0.310. The predicted octanol–water partition coefficient (Wildman–Crippen LogP) is 1.59. The minimum Gasteiger partial charge on any atom is -0.384 e. The van der Waals surface area contributed by atoms with Crippen LogP contribution in [-0.4, -0.2) is 19.5 Å². The first-order chi connectivity index (χ1) is 3.85. The van der Waals surface area contributed by atoms with E-state index in [1.807, 2.05) is 0 Å². The van der Waals surface area contributed by atoms with E-state index in [2.05, 4.69) is 19.6 Å². The largest absolute Gasteiger partial charge is 0.384 e. The van der Waals surface area contributed by atoms with Crippen molar-refractivity contribution in [2.75, 3.05) is 19.5 Å². The van der Waals surface area contributed by atoms with Crippen LogP contribution < -0.4 is 0 Å². The van der Waals surface area contributed by atoms with E-state index in [4.69, 9.17) is 4.74 Å². The molecule has 1 nitrogen and oxygen atoms in total. The molecule has 0 aromatic carbocycles. The maximum Gasteiger partial charge on any atom is 0.0498 e. The standard InChI is InChI=1S/C6H14OS/c1-3-6(5-8)4-7-2/h6,8H,3-5H2,1-2H3. The van der Waals surface area contributed by atoms with Crippen molar-refractivity contribution in [1.82, 2.24) is 0 Å². The first-order valence-electron chi connectivity index (χ1n) is 2.95. The molecule has 0 N–H and O–H groups in total. The third-order valence-electron chi connectivity index (χ3n) is 1.24. The van der Waals surface area contributed by atoms with E-state index < -0.39 is 0 Å². The second kappa shape index (κ2) is 5.45. The van der Waals surface area contributed by atoms with Crippen molar-refractivity contribution in [2.24, 2.45) is 5.92 Å². The molecule has 0 bridgehead atoms. The molecule has 0 aliphatic heterocycles. The van der Waals surface area contributed by atoms with Gasteiger partial charge in [0, 0.05) is 13.7 Å². The quantitative estimate of drug-likeness (QED) is 0.574. The Morgan fingerprint density at radius 3 is 2.38 bits per heavy atom. The summed E-state index contributed by atoms with van der Waals surface area (Å²) in [5, 5.41) is 0. The fourth-order valence-electron chi connectivity index (χ4n) is 0.535. The van der Waals surface area contributed by atoms with Gasteiger partial charge in [0.15, 0.2) is 0 Å². The van der Waals surface area contributed by atoms with Gasteiger partial charge in [-0.3, -0.25) is 0 Å². The van der Waals surface area contributed by atoms with Crippen molar-refractivity contribution in [1.29, 1.82) is 0 Å². The Labute approximate surface area is 56.8 Å². The fourth-order valence-corrected chi connectivity index (χ4v) is 0.899. The van der Waals surface area contributed by atoms with Gasteiger partial charge >= 0.3 is 0 Å². The molecule has 0 radical (unpaired) electrons. The summed E-state index contributed by atoms with van der Waals surface area (Å²) in [6, 6.07) is 0. The highest BCUT2D eigenvalue weighted by molar-refractivity contribution is 7.80. The van der Waals surface area contributed by atoms with Crippen LogP contribution in [0.25, 0.3) is 0 Å². The third-order valence-corrected chi connectivity index (χ3v) is 1.75. The van der Waals surface area contributed by atoms with Crippen LogP contribution in [0.15, 0.2) is 0 Å². The van der Waals surface area contributed by atoms with Crippen molar-refractivity contribution in [3.63, 3.8) is 0 Å². The zero-order chi connectivity index (χ0) is 6.41. The lowest BCUT2D eigenvalue weighted by Gasteiger charge is -2.08. The summed E-state index contributed by atoms with van der Waals surface area (Å²) < 4.78 is 4.94. The summed E-state index contributed by atoms with van der Waals surface area (Å²) in [5.41, 5.74) is 0. The summed E-state index contributed by atoms with van der Waals surface area (Å²) in [6.45, 7) is 3.00. The van der Waals surface area contributed by atoms with E-state index in [1.165, 1.54) is 0 Å². The van der Waals surface area contributed by atoms with Crippen LogP contribution in [0.4, 0.5) is 0 Å². The Bertz CT molecular complexity index is 43.8. The van der Waals surface area contributed by atoms with Crippen LogP contribution in [0.3, 0.4) is 0 Å². The van der Waals surface area contributed by atoms with Crippen LogP contribution >= 0.6 is 12.6 Å². The van der Waals surface area contributed by atoms with E-state index in [-0.39, 0.29) is 0 Å². The first-order valence-corrected chi connectivity index (χ1v) is 3.58. The molecule has 1 unspecified atom stereocenters. The summed E-state index contributed by atoms with van der Waals surface area (Å²) >= 11 is 4.15. The summed E-state index contributed by atoms with van der Waals surface area (Å²) in [6.07, 6.45) is 1.16. The van der Waals surface area contributed by atoms with Gasteiger partial charge in [0.2, 0.25) is 0 Å². The zero-order valence-corrected chi connectivity index (χ0v) is 6.45. The van der Waals surface area contributed by atoms with Gasteiger partial charge in [-0.25, -0.2) is 0 Å². The van der Waals surface area contributed by atoms with Gasteiger partial charge in [0.25, 0.3) is 0 Å². The molecule has 0 spiro atoms. The number of ether oxygens (including phenoxy) is 1. The number of thiol groups is 1. The summed E-state index contributed by atoms with van der Waals surface area (Å²) in [5.74, 6) is 1.58. The lowest BCUT2D eigenvalue weighted by atomic mass is 10.1. The molecule has 8 heavy (non-hydrogen) atoms. The van der Waals surface area contributed by atoms with Gasteiger partial charge in [-0.2, -0.15) is 12.6 Å². The zero-order valence-electron chi connectivity index (χ0n) is 5.55. The van der Waals surface area contributed by atoms with Crippen molar-refractivity contribution in [3.05, 3.63) is 0 Å². The normalized spacial score (nSPS) is 13.9. The summed E-state index contributed by atoms with van der Waals surface area (Å²) in [7, 11) is 1.73. The predicted molar refractivity (Wildman–Crippen MR) is 39.5 cm³/mol. The van der Waals surface area contributed by atoms with Gasteiger partial charge in [-0.05, 0) is 11.7 Å². The molecule has 1 atom stereocenters. The van der Waals surface area contributed by atoms with Crippen molar-refractivity contribution in [3.8, 4) is 0 Å². The van der Waals surface area contributed by atoms with Crippen molar-refractivity contribution < 1.29 is 4.74 Å². The number of hydrogen-bond acceptors (Lipinski definition) is 2. The molecule has 0 amide bonds. The first kappa shape index (κ1) is 8.31. The molecular formula is C6H14OS.